The Labute approximate surface area is 99.8 Å². The lowest BCUT2D eigenvalue weighted by Crippen LogP contribution is -2.39. The third kappa shape index (κ3) is 9.16. The zero-order valence-corrected chi connectivity index (χ0v) is 10.1. The van der Waals surface area contributed by atoms with Gasteiger partial charge in [-0.25, -0.2) is 4.79 Å². The van der Waals surface area contributed by atoms with Crippen LogP contribution in [-0.2, 0) is 19.1 Å². The first-order chi connectivity index (χ1) is 8.10. The van der Waals surface area contributed by atoms with Crippen LogP contribution >= 0.6 is 0 Å². The summed E-state index contributed by atoms with van der Waals surface area (Å²) in [7, 11) is 1.22. The molecule has 2 N–H and O–H groups in total. The zero-order chi connectivity index (χ0) is 13.1. The number of hydrogen-bond donors (Lipinski definition) is 2. The lowest BCUT2D eigenvalue weighted by Gasteiger charge is -2.06. The Morgan fingerprint density at radius 3 is 2.41 bits per heavy atom. The van der Waals surface area contributed by atoms with Crippen molar-refractivity contribution in [1.82, 2.24) is 10.6 Å². The molecule has 2 amide bonds. The summed E-state index contributed by atoms with van der Waals surface area (Å²) in [6, 6.07) is 0. The van der Waals surface area contributed by atoms with Gasteiger partial charge in [0.05, 0.1) is 13.7 Å². The van der Waals surface area contributed by atoms with Crippen molar-refractivity contribution in [1.29, 1.82) is 0 Å². The molecule has 0 aliphatic carbocycles. The van der Waals surface area contributed by atoms with Crippen molar-refractivity contribution in [2.24, 2.45) is 0 Å². The number of carbonyl (C=O) groups excluding carboxylic acids is 3. The molecule has 0 bridgehead atoms. The minimum Gasteiger partial charge on any atom is -0.468 e. The van der Waals surface area contributed by atoms with Gasteiger partial charge in [0.25, 0.3) is 0 Å². The van der Waals surface area contributed by atoms with Crippen LogP contribution in [0.4, 0.5) is 4.79 Å². The Bertz CT molecular complexity index is 267. The number of methoxy groups -OCH3 is 1. The molecule has 0 aromatic rings. The summed E-state index contributed by atoms with van der Waals surface area (Å²) in [5.41, 5.74) is 0. The molecule has 0 aromatic carbocycles. The molecule has 0 aliphatic rings. The standard InChI is InChI=1S/C10H18N2O5/c1-3-4-5-17-10(15)12-6-8(13)11-7-9(14)16-2/h3-7H2,1-2H3,(H,11,13)(H,12,15). The van der Waals surface area contributed by atoms with Gasteiger partial charge in [-0.05, 0) is 6.42 Å². The van der Waals surface area contributed by atoms with Crippen LogP contribution in [0.2, 0.25) is 0 Å². The monoisotopic (exact) mass is 246 g/mol. The molecule has 17 heavy (non-hydrogen) atoms. The zero-order valence-electron chi connectivity index (χ0n) is 10.1. The van der Waals surface area contributed by atoms with Crippen LogP contribution in [0.1, 0.15) is 19.8 Å². The maximum absolute atomic E-state index is 11.1. The maximum atomic E-state index is 11.1. The summed E-state index contributed by atoms with van der Waals surface area (Å²) >= 11 is 0. The molecule has 0 radical (unpaired) electrons. The molecule has 0 atom stereocenters. The fourth-order valence-electron chi connectivity index (χ4n) is 0.818. The topological polar surface area (TPSA) is 93.7 Å². The van der Waals surface area contributed by atoms with E-state index in [4.69, 9.17) is 4.74 Å². The first kappa shape index (κ1) is 15.2. The fraction of sp³-hybridized carbons (Fsp3) is 0.700. The van der Waals surface area contributed by atoms with Crippen molar-refractivity contribution in [2.45, 2.75) is 19.8 Å². The number of esters is 1. The largest absolute Gasteiger partial charge is 0.468 e. The van der Waals surface area contributed by atoms with Gasteiger partial charge in [-0.15, -0.1) is 0 Å². The molecule has 0 spiro atoms. The van der Waals surface area contributed by atoms with Gasteiger partial charge in [-0.2, -0.15) is 0 Å². The van der Waals surface area contributed by atoms with Crippen LogP contribution in [0.5, 0.6) is 0 Å². The van der Waals surface area contributed by atoms with Crippen molar-refractivity contribution in [3.63, 3.8) is 0 Å². The molecule has 0 fully saturated rings. The molecule has 0 unspecified atom stereocenters. The molecular weight excluding hydrogens is 228 g/mol. The van der Waals surface area contributed by atoms with Gasteiger partial charge in [-0.1, -0.05) is 13.3 Å². The predicted octanol–water partition coefficient (Wildman–Crippen LogP) is -0.198. The average Bonchev–Trinajstić information content (AvgIpc) is 2.33. The number of alkyl carbamates (subject to hydrolysis) is 1. The maximum Gasteiger partial charge on any atom is 0.407 e. The SMILES string of the molecule is CCCCOC(=O)NCC(=O)NCC(=O)OC. The molecule has 0 saturated heterocycles. The van der Waals surface area contributed by atoms with E-state index in [9.17, 15) is 14.4 Å². The number of hydrogen-bond acceptors (Lipinski definition) is 5. The minimum absolute atomic E-state index is 0.220. The molecule has 0 saturated carbocycles. The third-order valence-corrected chi connectivity index (χ3v) is 1.78. The predicted molar refractivity (Wildman–Crippen MR) is 59.3 cm³/mol. The van der Waals surface area contributed by atoms with Crippen LogP contribution in [0, 0.1) is 0 Å². The molecule has 0 aromatic heterocycles. The van der Waals surface area contributed by atoms with Gasteiger partial charge in [0, 0.05) is 0 Å². The third-order valence-electron chi connectivity index (χ3n) is 1.78. The van der Waals surface area contributed by atoms with Crippen LogP contribution in [-0.4, -0.2) is 44.8 Å². The summed E-state index contributed by atoms with van der Waals surface area (Å²) in [4.78, 5) is 32.8. The second kappa shape index (κ2) is 9.44. The van der Waals surface area contributed by atoms with Gasteiger partial charge in [0.1, 0.15) is 13.1 Å². The highest BCUT2D eigenvalue weighted by Crippen LogP contribution is 1.87. The fourth-order valence-corrected chi connectivity index (χ4v) is 0.818. The van der Waals surface area contributed by atoms with Crippen LogP contribution in [0.25, 0.3) is 0 Å². The van der Waals surface area contributed by atoms with Crippen molar-refractivity contribution >= 4 is 18.0 Å². The Hall–Kier alpha value is -1.79. The lowest BCUT2D eigenvalue weighted by molar-refractivity contribution is -0.141. The first-order valence-electron chi connectivity index (χ1n) is 5.34. The van der Waals surface area contributed by atoms with Gasteiger partial charge in [0.2, 0.25) is 5.91 Å². The highest BCUT2D eigenvalue weighted by molar-refractivity contribution is 5.85. The molecular formula is C10H18N2O5. The molecule has 0 heterocycles. The Morgan fingerprint density at radius 2 is 1.82 bits per heavy atom. The number of unbranched alkanes of at least 4 members (excludes halogenated alkanes) is 1. The molecule has 98 valence electrons. The summed E-state index contributed by atoms with van der Waals surface area (Å²) in [6.45, 7) is 1.84. The summed E-state index contributed by atoms with van der Waals surface area (Å²) in [5.74, 6) is -1.04. The first-order valence-corrected chi connectivity index (χ1v) is 5.34. The van der Waals surface area contributed by atoms with Crippen LogP contribution in [0.15, 0.2) is 0 Å². The van der Waals surface area contributed by atoms with Gasteiger partial charge < -0.3 is 20.1 Å². The van der Waals surface area contributed by atoms with E-state index >= 15 is 0 Å². The molecule has 7 nitrogen and oxygen atoms in total. The number of nitrogens with one attached hydrogen (secondary N) is 2. The minimum atomic E-state index is -0.647. The van der Waals surface area contributed by atoms with E-state index in [2.05, 4.69) is 15.4 Å². The number of rotatable bonds is 7. The Kier molecular flexibility index (Phi) is 8.44. The van der Waals surface area contributed by atoms with E-state index in [1.807, 2.05) is 6.92 Å². The number of ether oxygens (including phenoxy) is 2. The quantitative estimate of drug-likeness (QED) is 0.479. The highest BCUT2D eigenvalue weighted by Gasteiger charge is 2.07. The molecule has 0 aliphatic heterocycles. The van der Waals surface area contributed by atoms with E-state index in [-0.39, 0.29) is 13.1 Å². The van der Waals surface area contributed by atoms with Crippen LogP contribution in [0.3, 0.4) is 0 Å². The van der Waals surface area contributed by atoms with E-state index < -0.39 is 18.0 Å². The van der Waals surface area contributed by atoms with Crippen molar-refractivity contribution < 1.29 is 23.9 Å². The van der Waals surface area contributed by atoms with E-state index in [1.54, 1.807) is 0 Å². The number of amides is 2. The smallest absolute Gasteiger partial charge is 0.407 e. The highest BCUT2D eigenvalue weighted by atomic mass is 16.5. The molecule has 7 heteroatoms. The Morgan fingerprint density at radius 1 is 1.12 bits per heavy atom. The normalized spacial score (nSPS) is 9.29. The number of carbonyl (C=O) groups is 3. The average molecular weight is 246 g/mol. The van der Waals surface area contributed by atoms with Crippen molar-refractivity contribution in [3.8, 4) is 0 Å². The van der Waals surface area contributed by atoms with Gasteiger partial charge >= 0.3 is 12.1 Å². The van der Waals surface area contributed by atoms with E-state index in [0.29, 0.717) is 6.61 Å². The van der Waals surface area contributed by atoms with E-state index in [0.717, 1.165) is 12.8 Å². The lowest BCUT2D eigenvalue weighted by atomic mass is 10.4. The molecule has 0 rings (SSSR count). The summed E-state index contributed by atoms with van der Waals surface area (Å²) < 4.78 is 9.08. The van der Waals surface area contributed by atoms with Crippen molar-refractivity contribution in [3.05, 3.63) is 0 Å². The van der Waals surface area contributed by atoms with Crippen molar-refractivity contribution in [2.75, 3.05) is 26.8 Å². The van der Waals surface area contributed by atoms with Gasteiger partial charge in [-0.3, -0.25) is 9.59 Å². The second-order valence-corrected chi connectivity index (χ2v) is 3.20. The van der Waals surface area contributed by atoms with E-state index in [1.165, 1.54) is 7.11 Å². The second-order valence-electron chi connectivity index (χ2n) is 3.20. The van der Waals surface area contributed by atoms with Crippen LogP contribution < -0.4 is 10.6 Å². The van der Waals surface area contributed by atoms with Gasteiger partial charge in [0.15, 0.2) is 0 Å². The summed E-state index contributed by atoms with van der Waals surface area (Å²) in [6.07, 6.45) is 1.06. The Balaban J connectivity index is 3.55. The summed E-state index contributed by atoms with van der Waals surface area (Å²) in [5, 5.41) is 4.53.